The summed E-state index contributed by atoms with van der Waals surface area (Å²) >= 11 is 0. The first-order valence-electron chi connectivity index (χ1n) is 11.2. The molecule has 0 aliphatic heterocycles. The zero-order valence-corrected chi connectivity index (χ0v) is 18.8. The predicted molar refractivity (Wildman–Crippen MR) is 126 cm³/mol. The van der Waals surface area contributed by atoms with Gasteiger partial charge in [0.2, 0.25) is 0 Å². The number of urea groups is 1. The summed E-state index contributed by atoms with van der Waals surface area (Å²) in [5.41, 5.74) is 2.21. The van der Waals surface area contributed by atoms with Gasteiger partial charge in [-0.25, -0.2) is 13.6 Å². The van der Waals surface area contributed by atoms with Gasteiger partial charge in [-0.05, 0) is 73.2 Å². The fraction of sp³-hybridized carbons (Fsp3) is 0.269. The third kappa shape index (κ3) is 5.75. The van der Waals surface area contributed by atoms with Gasteiger partial charge in [0.05, 0.1) is 5.56 Å². The van der Waals surface area contributed by atoms with Crippen molar-refractivity contribution in [2.45, 2.75) is 37.8 Å². The first-order valence-corrected chi connectivity index (χ1v) is 11.2. The highest BCUT2D eigenvalue weighted by atomic mass is 19.1. The summed E-state index contributed by atoms with van der Waals surface area (Å²) in [4.78, 5) is 30.7. The Bertz CT molecular complexity index is 1130. The number of hydrogen-bond acceptors (Lipinski definition) is 3. The van der Waals surface area contributed by atoms with E-state index >= 15 is 0 Å². The molecule has 1 heterocycles. The average molecular weight is 465 g/mol. The Morgan fingerprint density at radius 3 is 2.24 bits per heavy atom. The molecule has 3 aromatic rings. The summed E-state index contributed by atoms with van der Waals surface area (Å²) in [7, 11) is 1.76. The largest absolute Gasteiger partial charge is 0.349 e. The molecule has 1 saturated carbocycles. The molecule has 2 aromatic carbocycles. The van der Waals surface area contributed by atoms with Crippen molar-refractivity contribution in [2.24, 2.45) is 0 Å². The normalized spacial score (nSPS) is 17.6. The van der Waals surface area contributed by atoms with Gasteiger partial charge in [0.25, 0.3) is 5.91 Å². The average Bonchev–Trinajstić information content (AvgIpc) is 2.84. The maximum Gasteiger partial charge on any atom is 0.321 e. The third-order valence-electron chi connectivity index (χ3n) is 6.16. The number of halogens is 2. The van der Waals surface area contributed by atoms with Crippen LogP contribution in [0.1, 0.15) is 36.0 Å². The lowest BCUT2D eigenvalue weighted by Crippen LogP contribution is -2.45. The highest BCUT2D eigenvalue weighted by molar-refractivity contribution is 5.94. The minimum atomic E-state index is -0.639. The molecule has 0 bridgehead atoms. The molecular formula is C26H26F2N4O2. The van der Waals surface area contributed by atoms with E-state index in [2.05, 4.69) is 15.6 Å². The molecule has 0 atom stereocenters. The molecule has 1 aromatic heterocycles. The fourth-order valence-electron chi connectivity index (χ4n) is 4.22. The molecule has 1 fully saturated rings. The zero-order chi connectivity index (χ0) is 24.1. The summed E-state index contributed by atoms with van der Waals surface area (Å²) < 4.78 is 26.9. The Balaban J connectivity index is 1.28. The van der Waals surface area contributed by atoms with Crippen molar-refractivity contribution in [3.8, 4) is 11.1 Å². The Hall–Kier alpha value is -3.81. The van der Waals surface area contributed by atoms with Gasteiger partial charge < -0.3 is 15.5 Å². The maximum absolute atomic E-state index is 13.5. The fourth-order valence-corrected chi connectivity index (χ4v) is 4.22. The van der Waals surface area contributed by atoms with Gasteiger partial charge in [-0.3, -0.25) is 9.78 Å². The van der Waals surface area contributed by atoms with Crippen molar-refractivity contribution < 1.29 is 18.4 Å². The number of carbonyl (C=O) groups is 2. The van der Waals surface area contributed by atoms with Crippen LogP contribution in [0.2, 0.25) is 0 Å². The second-order valence-electron chi connectivity index (χ2n) is 8.50. The highest BCUT2D eigenvalue weighted by Gasteiger charge is 2.27. The molecule has 34 heavy (non-hydrogen) atoms. The van der Waals surface area contributed by atoms with Crippen molar-refractivity contribution in [3.63, 3.8) is 0 Å². The van der Waals surface area contributed by atoms with Crippen LogP contribution in [-0.2, 0) is 0 Å². The molecule has 4 rings (SSSR count). The van der Waals surface area contributed by atoms with Crippen molar-refractivity contribution in [1.29, 1.82) is 0 Å². The number of aromatic nitrogens is 1. The van der Waals surface area contributed by atoms with E-state index in [-0.39, 0.29) is 24.0 Å². The highest BCUT2D eigenvalue weighted by Crippen LogP contribution is 2.25. The van der Waals surface area contributed by atoms with E-state index in [9.17, 15) is 18.4 Å². The van der Waals surface area contributed by atoms with Crippen LogP contribution in [-0.4, -0.2) is 41.0 Å². The number of hydrogen-bond donors (Lipinski definition) is 2. The molecule has 1 aliphatic carbocycles. The lowest BCUT2D eigenvalue weighted by Gasteiger charge is -2.35. The number of anilines is 1. The van der Waals surface area contributed by atoms with Gasteiger partial charge in [0.1, 0.15) is 11.6 Å². The van der Waals surface area contributed by atoms with Gasteiger partial charge >= 0.3 is 6.03 Å². The van der Waals surface area contributed by atoms with Crippen LogP contribution in [0, 0.1) is 11.6 Å². The molecule has 176 valence electrons. The molecule has 1 aliphatic rings. The van der Waals surface area contributed by atoms with Gasteiger partial charge in [-0.2, -0.15) is 0 Å². The molecule has 3 amide bonds. The molecule has 0 unspecified atom stereocenters. The van der Waals surface area contributed by atoms with E-state index in [1.165, 1.54) is 12.1 Å². The van der Waals surface area contributed by atoms with E-state index < -0.39 is 11.6 Å². The summed E-state index contributed by atoms with van der Waals surface area (Å²) in [6.07, 6.45) is 6.31. The van der Waals surface area contributed by atoms with Gasteiger partial charge in [-0.1, -0.05) is 12.1 Å². The number of nitrogens with one attached hydrogen (secondary N) is 2. The van der Waals surface area contributed by atoms with Crippen LogP contribution in [0.3, 0.4) is 0 Å². The lowest BCUT2D eigenvalue weighted by molar-refractivity contribution is 0.0915. The Kier molecular flexibility index (Phi) is 7.15. The summed E-state index contributed by atoms with van der Waals surface area (Å²) in [6.45, 7) is 0. The maximum atomic E-state index is 13.5. The van der Waals surface area contributed by atoms with Gasteiger partial charge in [0.15, 0.2) is 0 Å². The van der Waals surface area contributed by atoms with Gasteiger partial charge in [-0.15, -0.1) is 0 Å². The predicted octanol–water partition coefficient (Wildman–Crippen LogP) is 5.23. The number of rotatable bonds is 5. The quantitative estimate of drug-likeness (QED) is 0.543. The van der Waals surface area contributed by atoms with Crippen molar-refractivity contribution in [3.05, 3.63) is 84.2 Å². The lowest BCUT2D eigenvalue weighted by atomic mass is 9.90. The van der Waals surface area contributed by atoms with E-state index in [1.54, 1.807) is 60.7 Å². The molecule has 8 heteroatoms. The summed E-state index contributed by atoms with van der Waals surface area (Å²) in [5, 5.41) is 5.91. The second kappa shape index (κ2) is 10.4. The van der Waals surface area contributed by atoms with Crippen molar-refractivity contribution in [2.75, 3.05) is 12.4 Å². The van der Waals surface area contributed by atoms with E-state index in [4.69, 9.17) is 0 Å². The molecule has 2 N–H and O–H groups in total. The van der Waals surface area contributed by atoms with Crippen LogP contribution >= 0.6 is 0 Å². The van der Waals surface area contributed by atoms with Crippen molar-refractivity contribution in [1.82, 2.24) is 15.2 Å². The smallest absolute Gasteiger partial charge is 0.321 e. The molecule has 0 saturated heterocycles. The molecule has 0 radical (unpaired) electrons. The number of carbonyl (C=O) groups excluding carboxylic acids is 2. The number of benzene rings is 2. The Labute approximate surface area is 197 Å². The second-order valence-corrected chi connectivity index (χ2v) is 8.50. The van der Waals surface area contributed by atoms with E-state index in [1.807, 2.05) is 0 Å². The first-order chi connectivity index (χ1) is 16.4. The van der Waals surface area contributed by atoms with Crippen molar-refractivity contribution >= 4 is 17.6 Å². The minimum absolute atomic E-state index is 0.0700. The third-order valence-corrected chi connectivity index (χ3v) is 6.16. The molecule has 6 nitrogen and oxygen atoms in total. The number of pyridine rings is 1. The first kappa shape index (κ1) is 23.4. The standard InChI is InChI=1S/C26H26F2N4O2/c1-32(24-10-8-22(9-11-24)30-25(33)18-3-2-12-29-16-18)26(34)31-23-6-4-17(5-7-23)19-13-20(27)15-21(28)14-19/h2-7,12-16,22,24H,8-11H2,1H3,(H,30,33)(H,31,34). The zero-order valence-electron chi connectivity index (χ0n) is 18.8. The van der Waals surface area contributed by atoms with E-state index in [0.29, 0.717) is 22.4 Å². The SMILES string of the molecule is CN(C(=O)Nc1ccc(-c2cc(F)cc(F)c2)cc1)C1CCC(NC(=O)c2cccnc2)CC1. The Morgan fingerprint density at radius 1 is 0.941 bits per heavy atom. The molecule has 0 spiro atoms. The summed E-state index contributed by atoms with van der Waals surface area (Å²) in [5.74, 6) is -1.41. The Morgan fingerprint density at radius 2 is 1.62 bits per heavy atom. The monoisotopic (exact) mass is 464 g/mol. The van der Waals surface area contributed by atoms with Crippen LogP contribution < -0.4 is 10.6 Å². The van der Waals surface area contributed by atoms with Crippen LogP contribution in [0.15, 0.2) is 67.0 Å². The van der Waals surface area contributed by atoms with Gasteiger partial charge in [0, 0.05) is 43.3 Å². The number of amides is 3. The molecular weight excluding hydrogens is 438 g/mol. The van der Waals surface area contributed by atoms with E-state index in [0.717, 1.165) is 31.7 Å². The number of nitrogens with zero attached hydrogens (tertiary/aromatic N) is 2. The van der Waals surface area contributed by atoms with Crippen LogP contribution in [0.25, 0.3) is 11.1 Å². The van der Waals surface area contributed by atoms with Crippen LogP contribution in [0.4, 0.5) is 19.3 Å². The topological polar surface area (TPSA) is 74.3 Å². The van der Waals surface area contributed by atoms with Crippen LogP contribution in [0.5, 0.6) is 0 Å². The minimum Gasteiger partial charge on any atom is -0.349 e. The summed E-state index contributed by atoms with van der Waals surface area (Å²) in [6, 6.07) is 13.6.